The molecule has 0 heterocycles. The lowest BCUT2D eigenvalue weighted by atomic mass is 10.1. The third-order valence-electron chi connectivity index (χ3n) is 4.33. The van der Waals surface area contributed by atoms with Crippen molar-refractivity contribution in [2.45, 2.75) is 32.2 Å². The van der Waals surface area contributed by atoms with E-state index in [1.807, 2.05) is 53.4 Å². The second kappa shape index (κ2) is 11.7. The molecule has 0 aliphatic carbocycles. The maximum atomic E-state index is 12.6. The molecule has 0 aromatic heterocycles. The monoisotopic (exact) mass is 368 g/mol. The number of ether oxygens (including phenoxy) is 1. The van der Waals surface area contributed by atoms with Crippen LogP contribution in [0.25, 0.3) is 0 Å². The van der Waals surface area contributed by atoms with Crippen molar-refractivity contribution in [1.82, 2.24) is 10.2 Å². The standard InChI is InChI=1S/C22H28N2O3/c1-27-21(25)14-8-9-16-23-22(26)24(18-20-12-6-3-7-13-20)17-15-19-10-4-2-5-11-19/h2-7,10-13H,8-9,14-18H2,1H3,(H,23,26). The third kappa shape index (κ3) is 7.94. The summed E-state index contributed by atoms with van der Waals surface area (Å²) in [6.07, 6.45) is 2.64. The first-order valence-corrected chi connectivity index (χ1v) is 9.36. The number of carbonyl (C=O) groups is 2. The molecule has 2 aromatic carbocycles. The molecule has 0 spiro atoms. The van der Waals surface area contributed by atoms with Crippen LogP contribution in [0.1, 0.15) is 30.4 Å². The van der Waals surface area contributed by atoms with Crippen molar-refractivity contribution in [1.29, 1.82) is 0 Å². The number of benzene rings is 2. The minimum Gasteiger partial charge on any atom is -0.469 e. The summed E-state index contributed by atoms with van der Waals surface area (Å²) in [5.41, 5.74) is 2.31. The van der Waals surface area contributed by atoms with Gasteiger partial charge < -0.3 is 15.0 Å². The number of carbonyl (C=O) groups excluding carboxylic acids is 2. The Bertz CT molecular complexity index is 689. The van der Waals surface area contributed by atoms with Gasteiger partial charge in [-0.1, -0.05) is 60.7 Å². The SMILES string of the molecule is COC(=O)CCCCNC(=O)N(CCc1ccccc1)Cc1ccccc1. The molecule has 144 valence electrons. The lowest BCUT2D eigenvalue weighted by Gasteiger charge is -2.23. The lowest BCUT2D eigenvalue weighted by Crippen LogP contribution is -2.41. The summed E-state index contributed by atoms with van der Waals surface area (Å²) in [5.74, 6) is -0.213. The highest BCUT2D eigenvalue weighted by molar-refractivity contribution is 5.74. The van der Waals surface area contributed by atoms with E-state index < -0.39 is 0 Å². The number of nitrogens with zero attached hydrogens (tertiary/aromatic N) is 1. The van der Waals surface area contributed by atoms with E-state index in [4.69, 9.17) is 0 Å². The lowest BCUT2D eigenvalue weighted by molar-refractivity contribution is -0.140. The van der Waals surface area contributed by atoms with E-state index >= 15 is 0 Å². The molecule has 2 aromatic rings. The van der Waals surface area contributed by atoms with E-state index in [2.05, 4.69) is 22.2 Å². The van der Waals surface area contributed by atoms with Crippen molar-refractivity contribution in [3.63, 3.8) is 0 Å². The van der Waals surface area contributed by atoms with Gasteiger partial charge >= 0.3 is 12.0 Å². The zero-order valence-electron chi connectivity index (χ0n) is 15.9. The molecule has 5 nitrogen and oxygen atoms in total. The summed E-state index contributed by atoms with van der Waals surface area (Å²) in [5, 5.41) is 2.97. The van der Waals surface area contributed by atoms with Crippen LogP contribution in [-0.4, -0.2) is 37.1 Å². The van der Waals surface area contributed by atoms with Gasteiger partial charge in [0.2, 0.25) is 0 Å². The summed E-state index contributed by atoms with van der Waals surface area (Å²) in [4.78, 5) is 25.6. The van der Waals surface area contributed by atoms with Crippen LogP contribution in [0, 0.1) is 0 Å². The Morgan fingerprint density at radius 1 is 0.926 bits per heavy atom. The van der Waals surface area contributed by atoms with Crippen molar-refractivity contribution in [2.75, 3.05) is 20.2 Å². The molecule has 5 heteroatoms. The van der Waals surface area contributed by atoms with Crippen molar-refractivity contribution in [3.05, 3.63) is 71.8 Å². The van der Waals surface area contributed by atoms with Crippen LogP contribution < -0.4 is 5.32 Å². The van der Waals surface area contributed by atoms with Gasteiger partial charge in [-0.2, -0.15) is 0 Å². The number of nitrogens with one attached hydrogen (secondary N) is 1. The molecule has 0 atom stereocenters. The molecular formula is C22H28N2O3. The van der Waals surface area contributed by atoms with E-state index in [1.54, 1.807) is 0 Å². The van der Waals surface area contributed by atoms with Crippen LogP contribution in [0.15, 0.2) is 60.7 Å². The number of unbranched alkanes of at least 4 members (excludes halogenated alkanes) is 1. The van der Waals surface area contributed by atoms with Crippen molar-refractivity contribution in [2.24, 2.45) is 0 Å². The molecule has 0 radical (unpaired) electrons. The van der Waals surface area contributed by atoms with Crippen LogP contribution in [0.2, 0.25) is 0 Å². The topological polar surface area (TPSA) is 58.6 Å². The molecule has 0 aliphatic heterocycles. The molecule has 1 N–H and O–H groups in total. The molecule has 0 bridgehead atoms. The highest BCUT2D eigenvalue weighted by atomic mass is 16.5. The molecule has 0 aliphatic rings. The summed E-state index contributed by atoms with van der Waals surface area (Å²) >= 11 is 0. The fourth-order valence-corrected chi connectivity index (χ4v) is 2.77. The van der Waals surface area contributed by atoms with Gasteiger partial charge in [-0.05, 0) is 30.4 Å². The summed E-state index contributed by atoms with van der Waals surface area (Å²) in [6.45, 7) is 1.76. The zero-order valence-corrected chi connectivity index (χ0v) is 15.9. The Kier molecular flexibility index (Phi) is 8.90. The van der Waals surface area contributed by atoms with Crippen LogP contribution in [0.3, 0.4) is 0 Å². The number of hydrogen-bond acceptors (Lipinski definition) is 3. The zero-order chi connectivity index (χ0) is 19.3. The van der Waals surface area contributed by atoms with E-state index in [0.717, 1.165) is 18.4 Å². The number of amides is 2. The number of hydrogen-bond donors (Lipinski definition) is 1. The maximum absolute atomic E-state index is 12.6. The molecule has 2 rings (SSSR count). The number of esters is 1. The fraction of sp³-hybridized carbons (Fsp3) is 0.364. The molecule has 0 saturated carbocycles. The van der Waals surface area contributed by atoms with Gasteiger partial charge in [-0.25, -0.2) is 4.79 Å². The Morgan fingerprint density at radius 3 is 2.19 bits per heavy atom. The molecule has 2 amide bonds. The molecule has 0 fully saturated rings. The summed E-state index contributed by atoms with van der Waals surface area (Å²) in [6, 6.07) is 20.1. The quantitative estimate of drug-likeness (QED) is 0.513. The Hall–Kier alpha value is -2.82. The highest BCUT2D eigenvalue weighted by Gasteiger charge is 2.13. The van der Waals surface area contributed by atoms with Gasteiger partial charge in [0.25, 0.3) is 0 Å². The van der Waals surface area contributed by atoms with Crippen molar-refractivity contribution in [3.8, 4) is 0 Å². The Balaban J connectivity index is 1.86. The molecular weight excluding hydrogens is 340 g/mol. The normalized spacial score (nSPS) is 10.3. The van der Waals surface area contributed by atoms with E-state index in [9.17, 15) is 9.59 Å². The number of methoxy groups -OCH3 is 1. The van der Waals surface area contributed by atoms with Crippen LogP contribution in [0.4, 0.5) is 4.79 Å². The predicted molar refractivity (Wildman–Crippen MR) is 106 cm³/mol. The molecule has 27 heavy (non-hydrogen) atoms. The number of rotatable bonds is 10. The van der Waals surface area contributed by atoms with Crippen LogP contribution in [-0.2, 0) is 22.5 Å². The van der Waals surface area contributed by atoms with Gasteiger partial charge in [0.1, 0.15) is 0 Å². The first-order valence-electron chi connectivity index (χ1n) is 9.36. The van der Waals surface area contributed by atoms with Crippen LogP contribution in [0.5, 0.6) is 0 Å². The van der Waals surface area contributed by atoms with Gasteiger partial charge in [0.15, 0.2) is 0 Å². The highest BCUT2D eigenvalue weighted by Crippen LogP contribution is 2.08. The second-order valence-corrected chi connectivity index (χ2v) is 6.41. The summed E-state index contributed by atoms with van der Waals surface area (Å²) < 4.78 is 4.62. The third-order valence-corrected chi connectivity index (χ3v) is 4.33. The van der Waals surface area contributed by atoms with E-state index in [0.29, 0.717) is 32.5 Å². The predicted octanol–water partition coefficient (Wildman–Crippen LogP) is 3.78. The van der Waals surface area contributed by atoms with Gasteiger partial charge in [0, 0.05) is 26.1 Å². The van der Waals surface area contributed by atoms with Crippen LogP contribution >= 0.6 is 0 Å². The largest absolute Gasteiger partial charge is 0.469 e. The van der Waals surface area contributed by atoms with Crippen molar-refractivity contribution < 1.29 is 14.3 Å². The van der Waals surface area contributed by atoms with Gasteiger partial charge in [-0.3, -0.25) is 4.79 Å². The average molecular weight is 368 g/mol. The first kappa shape index (κ1) is 20.5. The molecule has 0 saturated heterocycles. The van der Waals surface area contributed by atoms with E-state index in [-0.39, 0.29) is 12.0 Å². The fourth-order valence-electron chi connectivity index (χ4n) is 2.77. The van der Waals surface area contributed by atoms with Gasteiger partial charge in [-0.15, -0.1) is 0 Å². The smallest absolute Gasteiger partial charge is 0.317 e. The Labute approximate surface area is 161 Å². The maximum Gasteiger partial charge on any atom is 0.317 e. The summed E-state index contributed by atoms with van der Waals surface area (Å²) in [7, 11) is 1.39. The van der Waals surface area contributed by atoms with Gasteiger partial charge in [0.05, 0.1) is 7.11 Å². The first-order chi connectivity index (χ1) is 13.2. The Morgan fingerprint density at radius 2 is 1.56 bits per heavy atom. The minimum absolute atomic E-state index is 0.0761. The van der Waals surface area contributed by atoms with Crippen molar-refractivity contribution >= 4 is 12.0 Å². The average Bonchev–Trinajstić information content (AvgIpc) is 2.72. The minimum atomic E-state index is -0.213. The van der Waals surface area contributed by atoms with E-state index in [1.165, 1.54) is 12.7 Å². The second-order valence-electron chi connectivity index (χ2n) is 6.41. The number of urea groups is 1. The molecule has 0 unspecified atom stereocenters.